The zero-order chi connectivity index (χ0) is 18.1. The normalized spacial score (nSPS) is 19.5. The summed E-state index contributed by atoms with van der Waals surface area (Å²) < 4.78 is 5.69. The Morgan fingerprint density at radius 2 is 2.08 bits per heavy atom. The van der Waals surface area contributed by atoms with E-state index in [1.54, 1.807) is 25.5 Å². The molecule has 5 heteroatoms. The summed E-state index contributed by atoms with van der Waals surface area (Å²) in [5, 5.41) is 2.72. The van der Waals surface area contributed by atoms with Gasteiger partial charge in [-0.25, -0.2) is 0 Å². The fraction of sp³-hybridized carbons (Fsp3) is 0.476. The molecule has 1 aromatic carbocycles. The van der Waals surface area contributed by atoms with Gasteiger partial charge in [-0.15, -0.1) is 11.3 Å². The standard InChI is InChI=1S/C21H26N2O2S/c1-22-21(24)20-9-8-19(26-20)17-7-4-10-23(17)13-16-11-14-5-3-6-15(14)12-18(16)25-2/h8-9,11-12,17H,3-7,10,13H2,1-2H3,(H,22,24)/t17-/m1/s1. The molecule has 1 aliphatic carbocycles. The lowest BCUT2D eigenvalue weighted by Crippen LogP contribution is -2.22. The summed E-state index contributed by atoms with van der Waals surface area (Å²) in [6.07, 6.45) is 5.98. The first kappa shape index (κ1) is 17.6. The number of methoxy groups -OCH3 is 1. The summed E-state index contributed by atoms with van der Waals surface area (Å²) >= 11 is 1.62. The van der Waals surface area contributed by atoms with Gasteiger partial charge in [0.1, 0.15) is 5.75 Å². The molecule has 0 spiro atoms. The number of ether oxygens (including phenoxy) is 1. The molecule has 1 aliphatic heterocycles. The average molecular weight is 371 g/mol. The van der Waals surface area contributed by atoms with E-state index < -0.39 is 0 Å². The van der Waals surface area contributed by atoms with Crippen molar-refractivity contribution in [1.29, 1.82) is 0 Å². The van der Waals surface area contributed by atoms with Gasteiger partial charge in [0.15, 0.2) is 0 Å². The number of carbonyl (C=O) groups excluding carboxylic acids is 1. The maximum Gasteiger partial charge on any atom is 0.261 e. The number of nitrogens with one attached hydrogen (secondary N) is 1. The van der Waals surface area contributed by atoms with Crippen molar-refractivity contribution in [2.24, 2.45) is 0 Å². The number of aryl methyl sites for hydroxylation is 2. The van der Waals surface area contributed by atoms with Crippen molar-refractivity contribution in [2.75, 3.05) is 20.7 Å². The fourth-order valence-corrected chi connectivity index (χ4v) is 5.42. The van der Waals surface area contributed by atoms with Crippen molar-refractivity contribution >= 4 is 17.2 Å². The number of nitrogens with zero attached hydrogens (tertiary/aromatic N) is 1. The molecule has 138 valence electrons. The predicted octanol–water partition coefficient (Wildman–Crippen LogP) is 3.94. The summed E-state index contributed by atoms with van der Waals surface area (Å²) in [6, 6.07) is 9.08. The molecule has 1 fully saturated rings. The third kappa shape index (κ3) is 3.26. The van der Waals surface area contributed by atoms with Gasteiger partial charge in [-0.05, 0) is 68.0 Å². The van der Waals surface area contributed by atoms with Crippen LogP contribution in [0.5, 0.6) is 5.75 Å². The number of fused-ring (bicyclic) bond motifs is 1. The van der Waals surface area contributed by atoms with Crippen LogP contribution in [-0.4, -0.2) is 31.5 Å². The molecule has 2 heterocycles. The Balaban J connectivity index is 1.56. The zero-order valence-corrected chi connectivity index (χ0v) is 16.3. The highest BCUT2D eigenvalue weighted by atomic mass is 32.1. The van der Waals surface area contributed by atoms with E-state index in [-0.39, 0.29) is 5.91 Å². The Labute approximate surface area is 159 Å². The molecule has 1 aromatic heterocycles. The summed E-state index contributed by atoms with van der Waals surface area (Å²) in [7, 11) is 3.46. The molecule has 0 radical (unpaired) electrons. The molecule has 2 aromatic rings. The van der Waals surface area contributed by atoms with Crippen LogP contribution in [0, 0.1) is 0 Å². The van der Waals surface area contributed by atoms with Crippen molar-refractivity contribution in [1.82, 2.24) is 10.2 Å². The highest BCUT2D eigenvalue weighted by Crippen LogP contribution is 2.39. The van der Waals surface area contributed by atoms with Gasteiger partial charge >= 0.3 is 0 Å². The van der Waals surface area contributed by atoms with Gasteiger partial charge in [0.05, 0.1) is 12.0 Å². The maximum atomic E-state index is 11.9. The molecular formula is C21H26N2O2S. The van der Waals surface area contributed by atoms with Gasteiger partial charge in [0.25, 0.3) is 5.91 Å². The zero-order valence-electron chi connectivity index (χ0n) is 15.5. The molecule has 4 nitrogen and oxygen atoms in total. The number of amides is 1. The smallest absolute Gasteiger partial charge is 0.261 e. The van der Waals surface area contributed by atoms with E-state index in [1.807, 2.05) is 6.07 Å². The van der Waals surface area contributed by atoms with Gasteiger partial charge < -0.3 is 10.1 Å². The van der Waals surface area contributed by atoms with E-state index in [0.29, 0.717) is 6.04 Å². The molecule has 1 amide bonds. The van der Waals surface area contributed by atoms with Crippen LogP contribution < -0.4 is 10.1 Å². The van der Waals surface area contributed by atoms with Crippen LogP contribution in [0.2, 0.25) is 0 Å². The molecule has 0 unspecified atom stereocenters. The highest BCUT2D eigenvalue weighted by molar-refractivity contribution is 7.14. The van der Waals surface area contributed by atoms with E-state index >= 15 is 0 Å². The Morgan fingerprint density at radius 3 is 2.85 bits per heavy atom. The minimum Gasteiger partial charge on any atom is -0.496 e. The second-order valence-electron chi connectivity index (χ2n) is 7.20. The van der Waals surface area contributed by atoms with Crippen LogP contribution in [0.15, 0.2) is 24.3 Å². The maximum absolute atomic E-state index is 11.9. The third-order valence-corrected chi connectivity index (χ3v) is 6.82. The van der Waals surface area contributed by atoms with E-state index in [2.05, 4.69) is 28.4 Å². The first-order valence-electron chi connectivity index (χ1n) is 9.44. The topological polar surface area (TPSA) is 41.6 Å². The molecule has 1 saturated heterocycles. The Kier molecular flexibility index (Phi) is 5.00. The van der Waals surface area contributed by atoms with E-state index in [4.69, 9.17) is 4.74 Å². The lowest BCUT2D eigenvalue weighted by molar-refractivity contribution is 0.0967. The minimum absolute atomic E-state index is 0.00564. The van der Waals surface area contributed by atoms with Crippen LogP contribution in [0.3, 0.4) is 0 Å². The summed E-state index contributed by atoms with van der Waals surface area (Å²) in [5.74, 6) is 1.03. The molecule has 0 bridgehead atoms. The van der Waals surface area contributed by atoms with E-state index in [1.165, 1.54) is 47.3 Å². The van der Waals surface area contributed by atoms with Gasteiger partial charge in [-0.1, -0.05) is 6.07 Å². The highest BCUT2D eigenvalue weighted by Gasteiger charge is 2.29. The molecule has 26 heavy (non-hydrogen) atoms. The van der Waals surface area contributed by atoms with Crippen LogP contribution in [0.1, 0.15) is 56.5 Å². The minimum atomic E-state index is 0.00564. The number of likely N-dealkylation sites (tertiary alicyclic amines) is 1. The molecule has 2 aliphatic rings. The quantitative estimate of drug-likeness (QED) is 0.867. The SMILES string of the molecule is CNC(=O)c1ccc([C@H]2CCCN2Cc2cc3c(cc2OC)CCC3)s1. The Morgan fingerprint density at radius 1 is 1.27 bits per heavy atom. The summed E-state index contributed by atoms with van der Waals surface area (Å²) in [4.78, 5) is 16.5. The van der Waals surface area contributed by atoms with Crippen LogP contribution in [0.4, 0.5) is 0 Å². The van der Waals surface area contributed by atoms with Crippen LogP contribution in [-0.2, 0) is 19.4 Å². The predicted molar refractivity (Wildman–Crippen MR) is 105 cm³/mol. The van der Waals surface area contributed by atoms with Crippen molar-refractivity contribution in [3.05, 3.63) is 50.7 Å². The number of benzene rings is 1. The van der Waals surface area contributed by atoms with Crippen molar-refractivity contribution in [3.63, 3.8) is 0 Å². The summed E-state index contributed by atoms with van der Waals surface area (Å²) in [5.41, 5.74) is 4.25. The van der Waals surface area contributed by atoms with Gasteiger partial charge in [0.2, 0.25) is 0 Å². The molecular weight excluding hydrogens is 344 g/mol. The first-order valence-corrected chi connectivity index (χ1v) is 10.3. The largest absolute Gasteiger partial charge is 0.496 e. The lowest BCUT2D eigenvalue weighted by Gasteiger charge is -2.25. The molecule has 0 saturated carbocycles. The average Bonchev–Trinajstić information content (AvgIpc) is 3.40. The number of hydrogen-bond donors (Lipinski definition) is 1. The van der Waals surface area contributed by atoms with Crippen molar-refractivity contribution in [3.8, 4) is 5.75 Å². The Hall–Kier alpha value is -1.85. The van der Waals surface area contributed by atoms with Gasteiger partial charge in [-0.2, -0.15) is 0 Å². The number of carbonyl (C=O) groups is 1. The molecule has 1 atom stereocenters. The second-order valence-corrected chi connectivity index (χ2v) is 8.31. The van der Waals surface area contributed by atoms with Crippen molar-refractivity contribution < 1.29 is 9.53 Å². The van der Waals surface area contributed by atoms with E-state index in [0.717, 1.165) is 30.1 Å². The molecule has 1 N–H and O–H groups in total. The second kappa shape index (κ2) is 7.41. The van der Waals surface area contributed by atoms with Crippen molar-refractivity contribution in [2.45, 2.75) is 44.7 Å². The molecule has 4 rings (SSSR count). The van der Waals surface area contributed by atoms with Gasteiger partial charge in [-0.3, -0.25) is 9.69 Å². The van der Waals surface area contributed by atoms with Crippen LogP contribution >= 0.6 is 11.3 Å². The van der Waals surface area contributed by atoms with E-state index in [9.17, 15) is 4.79 Å². The number of hydrogen-bond acceptors (Lipinski definition) is 4. The van der Waals surface area contributed by atoms with Crippen LogP contribution in [0.25, 0.3) is 0 Å². The number of rotatable bonds is 5. The first-order chi connectivity index (χ1) is 12.7. The lowest BCUT2D eigenvalue weighted by atomic mass is 10.0. The third-order valence-electron chi connectivity index (χ3n) is 5.64. The monoisotopic (exact) mass is 370 g/mol. The summed E-state index contributed by atoms with van der Waals surface area (Å²) in [6.45, 7) is 2.01. The Bertz CT molecular complexity index is 814. The van der Waals surface area contributed by atoms with Gasteiger partial charge in [0, 0.05) is 30.1 Å². The number of thiophene rings is 1. The fourth-order valence-electron chi connectivity index (χ4n) is 4.30.